The highest BCUT2D eigenvalue weighted by atomic mass is 35.5. The summed E-state index contributed by atoms with van der Waals surface area (Å²) in [6.45, 7) is 1.49. The maximum atomic E-state index is 10.8. The summed E-state index contributed by atoms with van der Waals surface area (Å²) in [6, 6.07) is 0. The van der Waals surface area contributed by atoms with Crippen LogP contribution in [0.3, 0.4) is 0 Å². The number of fused-ring (bicyclic) bond motifs is 1. The van der Waals surface area contributed by atoms with Crippen LogP contribution in [0.1, 0.15) is 12.7 Å². The Morgan fingerprint density at radius 3 is 3.14 bits per heavy atom. The highest BCUT2D eigenvalue weighted by Gasteiger charge is 2.06. The molecule has 14 heavy (non-hydrogen) atoms. The summed E-state index contributed by atoms with van der Waals surface area (Å²) in [6.07, 6.45) is 3.31. The molecule has 0 amide bonds. The van der Waals surface area contributed by atoms with E-state index in [1.807, 2.05) is 0 Å². The molecule has 0 bridgehead atoms. The number of ketones is 1. The van der Waals surface area contributed by atoms with Crippen LogP contribution in [0.4, 0.5) is 0 Å². The van der Waals surface area contributed by atoms with Gasteiger partial charge in [0.05, 0.1) is 23.8 Å². The molecule has 0 aliphatic heterocycles. The maximum Gasteiger partial charge on any atom is 0.252 e. The number of Topliss-reactive ketones (excluding diaryl/α,β-unsaturated/α-hetero) is 1. The summed E-state index contributed by atoms with van der Waals surface area (Å²) < 4.78 is 1.46. The normalized spacial score (nSPS) is 10.7. The molecule has 2 aromatic rings. The third kappa shape index (κ3) is 1.72. The predicted molar refractivity (Wildman–Crippen MR) is 50.2 cm³/mol. The van der Waals surface area contributed by atoms with Crippen LogP contribution in [0.5, 0.6) is 0 Å². The minimum absolute atomic E-state index is 0.0204. The van der Waals surface area contributed by atoms with Crippen molar-refractivity contribution in [2.24, 2.45) is 0 Å². The average molecular weight is 211 g/mol. The van der Waals surface area contributed by atoms with Crippen LogP contribution in [0.2, 0.25) is 5.02 Å². The number of nitrogens with zero attached hydrogens (tertiary/aromatic N) is 4. The van der Waals surface area contributed by atoms with Crippen molar-refractivity contribution < 1.29 is 4.79 Å². The molecule has 72 valence electrons. The van der Waals surface area contributed by atoms with E-state index in [4.69, 9.17) is 11.6 Å². The maximum absolute atomic E-state index is 10.8. The summed E-state index contributed by atoms with van der Waals surface area (Å²) in [4.78, 5) is 18.8. The lowest BCUT2D eigenvalue weighted by Crippen LogP contribution is -1.98. The lowest BCUT2D eigenvalue weighted by Gasteiger charge is -1.88. The zero-order chi connectivity index (χ0) is 10.1. The van der Waals surface area contributed by atoms with E-state index in [1.165, 1.54) is 17.6 Å². The first kappa shape index (κ1) is 9.08. The van der Waals surface area contributed by atoms with Gasteiger partial charge in [0, 0.05) is 0 Å². The fourth-order valence-corrected chi connectivity index (χ4v) is 1.24. The Morgan fingerprint density at radius 1 is 1.64 bits per heavy atom. The number of hydrogen-bond acceptors (Lipinski definition) is 4. The van der Waals surface area contributed by atoms with Crippen LogP contribution in [-0.4, -0.2) is 25.4 Å². The third-order valence-corrected chi connectivity index (χ3v) is 1.81. The molecule has 0 N–H and O–H groups in total. The van der Waals surface area contributed by atoms with Crippen molar-refractivity contribution in [3.63, 3.8) is 0 Å². The summed E-state index contributed by atoms with van der Waals surface area (Å²) in [5.41, 5.74) is 0. The number of aromatic nitrogens is 4. The van der Waals surface area contributed by atoms with Crippen LogP contribution in [-0.2, 0) is 11.2 Å². The van der Waals surface area contributed by atoms with Gasteiger partial charge in [0.15, 0.2) is 5.82 Å². The van der Waals surface area contributed by atoms with Crippen molar-refractivity contribution in [3.8, 4) is 0 Å². The Hall–Kier alpha value is -1.49. The van der Waals surface area contributed by atoms with E-state index < -0.39 is 0 Å². The van der Waals surface area contributed by atoms with E-state index in [0.717, 1.165) is 0 Å². The molecule has 0 atom stereocenters. The Balaban J connectivity index is 2.46. The second-order valence-electron chi connectivity index (χ2n) is 2.92. The SMILES string of the molecule is CC(=O)Cc1nc2ncc(Cl)cn2n1. The Bertz CT molecular complexity index is 493. The molecule has 0 aliphatic rings. The van der Waals surface area contributed by atoms with Crippen LogP contribution >= 0.6 is 11.6 Å². The van der Waals surface area contributed by atoms with Gasteiger partial charge in [0.1, 0.15) is 5.78 Å². The van der Waals surface area contributed by atoms with E-state index in [-0.39, 0.29) is 12.2 Å². The molecule has 0 fully saturated rings. The van der Waals surface area contributed by atoms with Gasteiger partial charge in [0.2, 0.25) is 0 Å². The summed E-state index contributed by atoms with van der Waals surface area (Å²) in [5.74, 6) is 0.935. The largest absolute Gasteiger partial charge is 0.300 e. The van der Waals surface area contributed by atoms with Crippen molar-refractivity contribution >= 4 is 23.2 Å². The van der Waals surface area contributed by atoms with Gasteiger partial charge in [-0.25, -0.2) is 9.50 Å². The molecule has 5 nitrogen and oxygen atoms in total. The monoisotopic (exact) mass is 210 g/mol. The quantitative estimate of drug-likeness (QED) is 0.739. The van der Waals surface area contributed by atoms with Gasteiger partial charge in [0.25, 0.3) is 5.78 Å². The van der Waals surface area contributed by atoms with E-state index in [0.29, 0.717) is 16.6 Å². The zero-order valence-electron chi connectivity index (χ0n) is 7.44. The second kappa shape index (κ2) is 3.34. The highest BCUT2D eigenvalue weighted by molar-refractivity contribution is 6.30. The smallest absolute Gasteiger partial charge is 0.252 e. The molecule has 6 heteroatoms. The van der Waals surface area contributed by atoms with Gasteiger partial charge in [-0.05, 0) is 6.92 Å². The fourth-order valence-electron chi connectivity index (χ4n) is 1.10. The first-order valence-corrected chi connectivity index (χ1v) is 4.39. The van der Waals surface area contributed by atoms with Gasteiger partial charge in [-0.1, -0.05) is 11.6 Å². The van der Waals surface area contributed by atoms with Gasteiger partial charge in [-0.15, -0.1) is 5.10 Å². The molecule has 0 aliphatic carbocycles. The van der Waals surface area contributed by atoms with Gasteiger partial charge in [-0.3, -0.25) is 4.79 Å². The average Bonchev–Trinajstić information content (AvgIpc) is 2.44. The van der Waals surface area contributed by atoms with Crippen LogP contribution in [0.25, 0.3) is 5.78 Å². The van der Waals surface area contributed by atoms with E-state index in [9.17, 15) is 4.79 Å². The Morgan fingerprint density at radius 2 is 2.43 bits per heavy atom. The van der Waals surface area contributed by atoms with Crippen molar-refractivity contribution in [1.29, 1.82) is 0 Å². The topological polar surface area (TPSA) is 60.2 Å². The molecule has 0 unspecified atom stereocenters. The molecule has 0 radical (unpaired) electrons. The standard InChI is InChI=1S/C8H7ClN4O/c1-5(14)2-7-11-8-10-3-6(9)4-13(8)12-7/h3-4H,2H2,1H3. The Labute approximate surface area is 84.7 Å². The zero-order valence-corrected chi connectivity index (χ0v) is 8.19. The van der Waals surface area contributed by atoms with E-state index >= 15 is 0 Å². The van der Waals surface area contributed by atoms with Crippen LogP contribution in [0, 0.1) is 0 Å². The van der Waals surface area contributed by atoms with Crippen LogP contribution < -0.4 is 0 Å². The lowest BCUT2D eigenvalue weighted by molar-refractivity contribution is -0.116. The van der Waals surface area contributed by atoms with Crippen molar-refractivity contribution in [2.45, 2.75) is 13.3 Å². The molecule has 2 heterocycles. The van der Waals surface area contributed by atoms with Gasteiger partial charge >= 0.3 is 0 Å². The minimum atomic E-state index is 0.0204. The molecule has 2 aromatic heterocycles. The minimum Gasteiger partial charge on any atom is -0.300 e. The molecule has 0 saturated carbocycles. The van der Waals surface area contributed by atoms with Crippen LogP contribution in [0.15, 0.2) is 12.4 Å². The van der Waals surface area contributed by atoms with Crippen molar-refractivity contribution in [2.75, 3.05) is 0 Å². The molecule has 0 saturated heterocycles. The first-order valence-electron chi connectivity index (χ1n) is 4.01. The second-order valence-corrected chi connectivity index (χ2v) is 3.36. The van der Waals surface area contributed by atoms with E-state index in [1.54, 1.807) is 6.20 Å². The number of carbonyl (C=O) groups is 1. The summed E-state index contributed by atoms with van der Waals surface area (Å²) >= 11 is 5.72. The molecular formula is C8H7ClN4O. The number of rotatable bonds is 2. The molecule has 2 rings (SSSR count). The number of carbonyl (C=O) groups excluding carboxylic acids is 1. The summed E-state index contributed by atoms with van der Waals surface area (Å²) in [7, 11) is 0. The fraction of sp³-hybridized carbons (Fsp3) is 0.250. The van der Waals surface area contributed by atoms with Gasteiger partial charge in [-0.2, -0.15) is 4.98 Å². The third-order valence-electron chi connectivity index (χ3n) is 1.61. The van der Waals surface area contributed by atoms with E-state index in [2.05, 4.69) is 15.1 Å². The van der Waals surface area contributed by atoms with Crippen molar-refractivity contribution in [1.82, 2.24) is 19.6 Å². The number of hydrogen-bond donors (Lipinski definition) is 0. The summed E-state index contributed by atoms with van der Waals surface area (Å²) in [5, 5.41) is 4.53. The lowest BCUT2D eigenvalue weighted by atomic mass is 10.3. The molecule has 0 aromatic carbocycles. The molecular weight excluding hydrogens is 204 g/mol. The first-order chi connectivity index (χ1) is 6.65. The van der Waals surface area contributed by atoms with Gasteiger partial charge < -0.3 is 0 Å². The Kier molecular flexibility index (Phi) is 2.17. The number of halogens is 1. The predicted octanol–water partition coefficient (Wildman–Crippen LogP) is 0.909. The highest BCUT2D eigenvalue weighted by Crippen LogP contribution is 2.06. The molecule has 0 spiro atoms. The van der Waals surface area contributed by atoms with Crippen molar-refractivity contribution in [3.05, 3.63) is 23.2 Å².